The van der Waals surface area contributed by atoms with Gasteiger partial charge in [-0.2, -0.15) is 0 Å². The van der Waals surface area contributed by atoms with Crippen LogP contribution in [0.15, 0.2) is 47.2 Å². The Morgan fingerprint density at radius 3 is 2.89 bits per heavy atom. The summed E-state index contributed by atoms with van der Waals surface area (Å²) in [6.45, 7) is 0.691. The molecule has 1 aliphatic carbocycles. The van der Waals surface area contributed by atoms with Crippen LogP contribution in [0.3, 0.4) is 0 Å². The van der Waals surface area contributed by atoms with Crippen molar-refractivity contribution in [3.63, 3.8) is 0 Å². The molecule has 0 aliphatic heterocycles. The van der Waals surface area contributed by atoms with Gasteiger partial charge in [-0.25, -0.2) is 0 Å². The number of hydrogen-bond acceptors (Lipinski definition) is 2. The van der Waals surface area contributed by atoms with E-state index >= 15 is 0 Å². The van der Waals surface area contributed by atoms with Crippen molar-refractivity contribution < 1.29 is 0 Å². The van der Waals surface area contributed by atoms with Gasteiger partial charge in [0.1, 0.15) is 0 Å². The van der Waals surface area contributed by atoms with Crippen molar-refractivity contribution in [2.45, 2.75) is 24.7 Å². The van der Waals surface area contributed by atoms with Crippen LogP contribution in [0, 0.1) is 0 Å². The van der Waals surface area contributed by atoms with Crippen LogP contribution < -0.4 is 5.73 Å². The van der Waals surface area contributed by atoms with Crippen LogP contribution in [0.2, 0.25) is 0 Å². The molecule has 2 N–H and O–H groups in total. The Kier molecular flexibility index (Phi) is 3.42. The van der Waals surface area contributed by atoms with E-state index in [1.54, 1.807) is 0 Å². The number of nitrogens with zero attached hydrogens (tertiary/aromatic N) is 1. The largest absolute Gasteiger partial charge is 0.330 e. The van der Waals surface area contributed by atoms with Crippen molar-refractivity contribution in [1.29, 1.82) is 0 Å². The lowest BCUT2D eigenvalue weighted by Crippen LogP contribution is -2.35. The summed E-state index contributed by atoms with van der Waals surface area (Å²) in [5, 5.41) is 0. The molecule has 1 aromatic heterocycles. The summed E-state index contributed by atoms with van der Waals surface area (Å²) in [4.78, 5) is 4.26. The van der Waals surface area contributed by atoms with Gasteiger partial charge in [0.2, 0.25) is 0 Å². The van der Waals surface area contributed by atoms with E-state index in [2.05, 4.69) is 51.2 Å². The molecule has 19 heavy (non-hydrogen) atoms. The standard InChI is InChI=1S/C16H17BrN2/c17-14-7-12(9-19-10-14)8-16(11-18)6-5-13-3-1-2-4-15(13)16/h1-4,7,9-10H,5-6,8,11,18H2. The molecule has 1 aromatic carbocycles. The normalized spacial score (nSPS) is 21.4. The molecular weight excluding hydrogens is 300 g/mol. The van der Waals surface area contributed by atoms with E-state index in [1.807, 2.05) is 12.4 Å². The summed E-state index contributed by atoms with van der Waals surface area (Å²) in [5.41, 5.74) is 10.3. The molecule has 0 fully saturated rings. The Morgan fingerprint density at radius 2 is 2.11 bits per heavy atom. The summed E-state index contributed by atoms with van der Waals surface area (Å²) in [5.74, 6) is 0. The second-order valence-corrected chi connectivity index (χ2v) is 6.25. The molecule has 0 bridgehead atoms. The quantitative estimate of drug-likeness (QED) is 0.944. The van der Waals surface area contributed by atoms with Gasteiger partial charge in [-0.3, -0.25) is 4.98 Å². The summed E-state index contributed by atoms with van der Waals surface area (Å²) >= 11 is 3.49. The van der Waals surface area contributed by atoms with E-state index in [4.69, 9.17) is 5.73 Å². The van der Waals surface area contributed by atoms with E-state index in [1.165, 1.54) is 16.7 Å². The number of benzene rings is 1. The Labute approximate surface area is 122 Å². The molecule has 1 unspecified atom stereocenters. The molecule has 3 rings (SSSR count). The van der Waals surface area contributed by atoms with Crippen molar-refractivity contribution in [1.82, 2.24) is 4.98 Å². The highest BCUT2D eigenvalue weighted by atomic mass is 79.9. The predicted octanol–water partition coefficient (Wildman–Crippen LogP) is 3.23. The fraction of sp³-hybridized carbons (Fsp3) is 0.312. The molecule has 0 spiro atoms. The highest BCUT2D eigenvalue weighted by Gasteiger charge is 2.37. The Hall–Kier alpha value is -1.19. The zero-order valence-electron chi connectivity index (χ0n) is 10.8. The van der Waals surface area contributed by atoms with E-state index in [0.29, 0.717) is 6.54 Å². The minimum absolute atomic E-state index is 0.0824. The van der Waals surface area contributed by atoms with Crippen LogP contribution in [-0.2, 0) is 18.3 Å². The minimum Gasteiger partial charge on any atom is -0.330 e. The first-order valence-corrected chi connectivity index (χ1v) is 7.41. The summed E-state index contributed by atoms with van der Waals surface area (Å²) in [7, 11) is 0. The third-order valence-corrected chi connectivity index (χ3v) is 4.59. The average Bonchev–Trinajstić information content (AvgIpc) is 2.79. The number of nitrogens with two attached hydrogens (primary N) is 1. The number of aromatic nitrogens is 1. The van der Waals surface area contributed by atoms with Gasteiger partial charge in [0.05, 0.1) is 0 Å². The monoisotopic (exact) mass is 316 g/mol. The van der Waals surface area contributed by atoms with Gasteiger partial charge in [0, 0.05) is 28.8 Å². The molecule has 1 atom stereocenters. The zero-order valence-corrected chi connectivity index (χ0v) is 12.4. The third kappa shape index (κ3) is 2.33. The van der Waals surface area contributed by atoms with Crippen molar-refractivity contribution in [3.05, 3.63) is 63.9 Å². The number of hydrogen-bond donors (Lipinski definition) is 1. The third-order valence-electron chi connectivity index (χ3n) is 4.16. The summed E-state index contributed by atoms with van der Waals surface area (Å²) < 4.78 is 1.03. The maximum Gasteiger partial charge on any atom is 0.0410 e. The van der Waals surface area contributed by atoms with Crippen LogP contribution in [-0.4, -0.2) is 11.5 Å². The van der Waals surface area contributed by atoms with Crippen molar-refractivity contribution >= 4 is 15.9 Å². The molecule has 0 radical (unpaired) electrons. The highest BCUT2D eigenvalue weighted by Crippen LogP contribution is 2.40. The van der Waals surface area contributed by atoms with E-state index in [0.717, 1.165) is 23.7 Å². The fourth-order valence-electron chi connectivity index (χ4n) is 3.18. The second kappa shape index (κ2) is 5.06. The molecule has 0 amide bonds. The zero-order chi connectivity index (χ0) is 13.3. The molecule has 2 aromatic rings. The molecular formula is C16H17BrN2. The fourth-order valence-corrected chi connectivity index (χ4v) is 3.59. The number of halogens is 1. The van der Waals surface area contributed by atoms with E-state index in [9.17, 15) is 0 Å². The van der Waals surface area contributed by atoms with Gasteiger partial charge >= 0.3 is 0 Å². The smallest absolute Gasteiger partial charge is 0.0410 e. The van der Waals surface area contributed by atoms with Gasteiger partial charge in [0.15, 0.2) is 0 Å². The molecule has 0 saturated heterocycles. The van der Waals surface area contributed by atoms with Gasteiger partial charge in [-0.1, -0.05) is 24.3 Å². The molecule has 0 saturated carbocycles. The van der Waals surface area contributed by atoms with Crippen LogP contribution in [0.1, 0.15) is 23.1 Å². The second-order valence-electron chi connectivity index (χ2n) is 5.33. The average molecular weight is 317 g/mol. The Balaban J connectivity index is 1.98. The predicted molar refractivity (Wildman–Crippen MR) is 81.1 cm³/mol. The van der Waals surface area contributed by atoms with Gasteiger partial charge in [-0.15, -0.1) is 0 Å². The highest BCUT2D eigenvalue weighted by molar-refractivity contribution is 9.10. The van der Waals surface area contributed by atoms with Crippen LogP contribution in [0.25, 0.3) is 0 Å². The summed E-state index contributed by atoms with van der Waals surface area (Å²) in [6.07, 6.45) is 7.00. The summed E-state index contributed by atoms with van der Waals surface area (Å²) in [6, 6.07) is 10.8. The van der Waals surface area contributed by atoms with Gasteiger partial charge in [0.25, 0.3) is 0 Å². The first-order valence-electron chi connectivity index (χ1n) is 6.61. The van der Waals surface area contributed by atoms with Crippen LogP contribution in [0.5, 0.6) is 0 Å². The molecule has 1 aliphatic rings. The van der Waals surface area contributed by atoms with Gasteiger partial charge < -0.3 is 5.73 Å². The van der Waals surface area contributed by atoms with E-state index < -0.39 is 0 Å². The van der Waals surface area contributed by atoms with Crippen molar-refractivity contribution in [2.75, 3.05) is 6.54 Å². The van der Waals surface area contributed by atoms with Crippen molar-refractivity contribution in [2.24, 2.45) is 5.73 Å². The Morgan fingerprint density at radius 1 is 1.26 bits per heavy atom. The van der Waals surface area contributed by atoms with E-state index in [-0.39, 0.29) is 5.41 Å². The molecule has 98 valence electrons. The molecule has 2 nitrogen and oxygen atoms in total. The first kappa shape index (κ1) is 12.8. The maximum absolute atomic E-state index is 6.14. The SMILES string of the molecule is NCC1(Cc2cncc(Br)c2)CCc2ccccc21. The van der Waals surface area contributed by atoms with Crippen LogP contribution in [0.4, 0.5) is 0 Å². The van der Waals surface area contributed by atoms with Crippen molar-refractivity contribution in [3.8, 4) is 0 Å². The number of aryl methyl sites for hydroxylation is 1. The van der Waals surface area contributed by atoms with Gasteiger partial charge in [-0.05, 0) is 57.9 Å². The lowest BCUT2D eigenvalue weighted by atomic mass is 9.77. The van der Waals surface area contributed by atoms with Crippen LogP contribution >= 0.6 is 15.9 Å². The number of fused-ring (bicyclic) bond motifs is 1. The Bertz CT molecular complexity index is 597. The first-order chi connectivity index (χ1) is 9.23. The minimum atomic E-state index is 0.0824. The maximum atomic E-state index is 6.14. The number of rotatable bonds is 3. The number of pyridine rings is 1. The molecule has 3 heteroatoms. The lowest BCUT2D eigenvalue weighted by molar-refractivity contribution is 0.431. The lowest BCUT2D eigenvalue weighted by Gasteiger charge is -2.29. The molecule has 1 heterocycles. The topological polar surface area (TPSA) is 38.9 Å².